The number of nitrogens with one attached hydrogen (secondary N) is 2. The molecule has 1 fully saturated rings. The number of morpholine rings is 1. The molecule has 1 saturated heterocycles. The zero-order valence-electron chi connectivity index (χ0n) is 12.0. The van der Waals surface area contributed by atoms with E-state index in [9.17, 15) is 4.79 Å². The van der Waals surface area contributed by atoms with Crippen molar-refractivity contribution in [3.05, 3.63) is 0 Å². The van der Waals surface area contributed by atoms with Gasteiger partial charge in [0.05, 0.1) is 19.3 Å². The molecule has 1 aliphatic heterocycles. The molecular formula is C13H27N3O2. The molecule has 1 amide bonds. The largest absolute Gasteiger partial charge is 0.379 e. The standard InChI is InChI=1S/C13H27N3O2/c1-10(2)14-13(17)12(4)15-11(3)9-16-5-7-18-8-6-16/h10-12,15H,5-9H2,1-4H3,(H,14,17). The summed E-state index contributed by atoms with van der Waals surface area (Å²) in [5, 5.41) is 6.25. The Morgan fingerprint density at radius 3 is 2.39 bits per heavy atom. The Kier molecular flexibility index (Phi) is 6.60. The number of amides is 1. The van der Waals surface area contributed by atoms with Gasteiger partial charge >= 0.3 is 0 Å². The van der Waals surface area contributed by atoms with Crippen LogP contribution in [0.1, 0.15) is 27.7 Å². The third-order valence-electron chi connectivity index (χ3n) is 2.99. The molecule has 106 valence electrons. The van der Waals surface area contributed by atoms with Crippen LogP contribution in [0.3, 0.4) is 0 Å². The van der Waals surface area contributed by atoms with Crippen molar-refractivity contribution < 1.29 is 9.53 Å². The predicted molar refractivity (Wildman–Crippen MR) is 72.6 cm³/mol. The van der Waals surface area contributed by atoms with E-state index in [1.54, 1.807) is 0 Å². The third kappa shape index (κ3) is 5.80. The minimum absolute atomic E-state index is 0.0684. The van der Waals surface area contributed by atoms with Crippen LogP contribution in [0, 0.1) is 0 Å². The summed E-state index contributed by atoms with van der Waals surface area (Å²) in [4.78, 5) is 14.1. The Bertz CT molecular complexity index is 253. The minimum atomic E-state index is -0.150. The molecule has 0 spiro atoms. The fourth-order valence-corrected chi connectivity index (χ4v) is 2.14. The fourth-order valence-electron chi connectivity index (χ4n) is 2.14. The van der Waals surface area contributed by atoms with Crippen LogP contribution in [0.15, 0.2) is 0 Å². The van der Waals surface area contributed by atoms with E-state index in [0.29, 0.717) is 6.04 Å². The molecule has 2 unspecified atom stereocenters. The number of hydrogen-bond acceptors (Lipinski definition) is 4. The van der Waals surface area contributed by atoms with Crippen LogP contribution in [-0.4, -0.2) is 61.8 Å². The highest BCUT2D eigenvalue weighted by atomic mass is 16.5. The van der Waals surface area contributed by atoms with Gasteiger partial charge in [0, 0.05) is 31.7 Å². The van der Waals surface area contributed by atoms with Gasteiger partial charge in [-0.25, -0.2) is 0 Å². The van der Waals surface area contributed by atoms with Gasteiger partial charge in [-0.2, -0.15) is 0 Å². The van der Waals surface area contributed by atoms with E-state index in [-0.39, 0.29) is 18.0 Å². The van der Waals surface area contributed by atoms with Gasteiger partial charge in [0.25, 0.3) is 0 Å². The third-order valence-corrected chi connectivity index (χ3v) is 2.99. The second kappa shape index (κ2) is 7.71. The van der Waals surface area contributed by atoms with Gasteiger partial charge in [-0.1, -0.05) is 0 Å². The van der Waals surface area contributed by atoms with Crippen LogP contribution < -0.4 is 10.6 Å². The molecular weight excluding hydrogens is 230 g/mol. The van der Waals surface area contributed by atoms with Gasteiger partial charge in [-0.15, -0.1) is 0 Å². The molecule has 0 aromatic rings. The summed E-state index contributed by atoms with van der Waals surface area (Å²) in [6.45, 7) is 12.5. The normalized spacial score (nSPS) is 20.7. The maximum atomic E-state index is 11.8. The molecule has 1 heterocycles. The molecule has 1 aliphatic rings. The van der Waals surface area contributed by atoms with E-state index in [4.69, 9.17) is 4.74 Å². The highest BCUT2D eigenvalue weighted by molar-refractivity contribution is 5.81. The first-order valence-electron chi connectivity index (χ1n) is 6.85. The smallest absolute Gasteiger partial charge is 0.237 e. The molecule has 1 rings (SSSR count). The molecule has 0 bridgehead atoms. The van der Waals surface area contributed by atoms with Crippen molar-refractivity contribution in [2.45, 2.75) is 45.8 Å². The Morgan fingerprint density at radius 1 is 1.22 bits per heavy atom. The summed E-state index contributed by atoms with van der Waals surface area (Å²) in [7, 11) is 0. The summed E-state index contributed by atoms with van der Waals surface area (Å²) in [6.07, 6.45) is 0. The van der Waals surface area contributed by atoms with E-state index < -0.39 is 0 Å². The Balaban J connectivity index is 2.25. The summed E-state index contributed by atoms with van der Waals surface area (Å²) in [6, 6.07) is 0.343. The molecule has 5 heteroatoms. The van der Waals surface area contributed by atoms with Gasteiger partial charge in [0.2, 0.25) is 5.91 Å². The predicted octanol–water partition coefficient (Wildman–Crippen LogP) is 0.210. The summed E-state index contributed by atoms with van der Waals surface area (Å²) in [5.74, 6) is 0.0684. The first-order valence-corrected chi connectivity index (χ1v) is 6.85. The zero-order valence-corrected chi connectivity index (χ0v) is 12.0. The van der Waals surface area contributed by atoms with Crippen LogP contribution in [0.2, 0.25) is 0 Å². The minimum Gasteiger partial charge on any atom is -0.379 e. The van der Waals surface area contributed by atoms with Crippen LogP contribution in [-0.2, 0) is 9.53 Å². The maximum absolute atomic E-state index is 11.8. The monoisotopic (exact) mass is 257 g/mol. The topological polar surface area (TPSA) is 53.6 Å². The number of rotatable bonds is 6. The highest BCUT2D eigenvalue weighted by Gasteiger charge is 2.18. The Morgan fingerprint density at radius 2 is 1.83 bits per heavy atom. The SMILES string of the molecule is CC(C)NC(=O)C(C)NC(C)CN1CCOCC1. The Labute approximate surface area is 110 Å². The molecule has 0 aliphatic carbocycles. The lowest BCUT2D eigenvalue weighted by Crippen LogP contribution is -2.51. The summed E-state index contributed by atoms with van der Waals surface area (Å²) < 4.78 is 5.32. The number of hydrogen-bond donors (Lipinski definition) is 2. The van der Waals surface area contributed by atoms with Crippen LogP contribution >= 0.6 is 0 Å². The van der Waals surface area contributed by atoms with Crippen LogP contribution in [0.4, 0.5) is 0 Å². The van der Waals surface area contributed by atoms with Gasteiger partial charge in [-0.05, 0) is 27.7 Å². The van der Waals surface area contributed by atoms with Crippen molar-refractivity contribution in [2.24, 2.45) is 0 Å². The van der Waals surface area contributed by atoms with Crippen molar-refractivity contribution in [3.63, 3.8) is 0 Å². The van der Waals surface area contributed by atoms with Crippen LogP contribution in [0.25, 0.3) is 0 Å². The molecule has 0 radical (unpaired) electrons. The summed E-state index contributed by atoms with van der Waals surface area (Å²) in [5.41, 5.74) is 0. The Hall–Kier alpha value is -0.650. The van der Waals surface area contributed by atoms with Crippen molar-refractivity contribution in [2.75, 3.05) is 32.8 Å². The second-order valence-electron chi connectivity index (χ2n) is 5.37. The fraction of sp³-hybridized carbons (Fsp3) is 0.923. The lowest BCUT2D eigenvalue weighted by atomic mass is 10.2. The molecule has 0 aromatic heterocycles. The van der Waals surface area contributed by atoms with E-state index in [0.717, 1.165) is 32.8 Å². The lowest BCUT2D eigenvalue weighted by molar-refractivity contribution is -0.123. The first kappa shape index (κ1) is 15.4. The summed E-state index contributed by atoms with van der Waals surface area (Å²) >= 11 is 0. The lowest BCUT2D eigenvalue weighted by Gasteiger charge is -2.30. The van der Waals surface area contributed by atoms with Gasteiger partial charge in [0.1, 0.15) is 0 Å². The number of ether oxygens (including phenoxy) is 1. The van der Waals surface area contributed by atoms with E-state index in [1.165, 1.54) is 0 Å². The zero-order chi connectivity index (χ0) is 13.5. The van der Waals surface area contributed by atoms with Gasteiger partial charge in [-0.3, -0.25) is 9.69 Å². The maximum Gasteiger partial charge on any atom is 0.237 e. The molecule has 5 nitrogen and oxygen atoms in total. The van der Waals surface area contributed by atoms with E-state index >= 15 is 0 Å². The van der Waals surface area contributed by atoms with Crippen LogP contribution in [0.5, 0.6) is 0 Å². The van der Waals surface area contributed by atoms with Crippen molar-refractivity contribution in [3.8, 4) is 0 Å². The first-order chi connectivity index (χ1) is 8.49. The second-order valence-corrected chi connectivity index (χ2v) is 5.37. The molecule has 18 heavy (non-hydrogen) atoms. The number of carbonyl (C=O) groups excluding carboxylic acids is 1. The van der Waals surface area contributed by atoms with Crippen molar-refractivity contribution in [1.82, 2.24) is 15.5 Å². The number of carbonyl (C=O) groups is 1. The molecule has 0 aromatic carbocycles. The molecule has 0 saturated carbocycles. The van der Waals surface area contributed by atoms with Crippen molar-refractivity contribution in [1.29, 1.82) is 0 Å². The number of nitrogens with zero attached hydrogens (tertiary/aromatic N) is 1. The highest BCUT2D eigenvalue weighted by Crippen LogP contribution is 1.99. The molecule has 2 atom stereocenters. The van der Waals surface area contributed by atoms with E-state index in [1.807, 2.05) is 20.8 Å². The van der Waals surface area contributed by atoms with E-state index in [2.05, 4.69) is 22.5 Å². The average molecular weight is 257 g/mol. The average Bonchev–Trinajstić information content (AvgIpc) is 2.29. The van der Waals surface area contributed by atoms with Crippen molar-refractivity contribution >= 4 is 5.91 Å². The quantitative estimate of drug-likeness (QED) is 0.714. The van der Waals surface area contributed by atoms with Gasteiger partial charge < -0.3 is 15.4 Å². The van der Waals surface area contributed by atoms with Gasteiger partial charge in [0.15, 0.2) is 0 Å². The molecule has 2 N–H and O–H groups in total.